The standard InChI is InChI=1S/C17H20N4O2/c1-2-18-17(23)21-11-9-20(10-12-21)16(22)14-7-3-5-13-6-4-8-19-15(13)14/h3-8H,2,9-12H2,1H3,(H,18,23). The molecule has 6 nitrogen and oxygen atoms in total. The predicted molar refractivity (Wildman–Crippen MR) is 88.3 cm³/mol. The molecule has 0 saturated carbocycles. The van der Waals surface area contributed by atoms with Gasteiger partial charge >= 0.3 is 6.03 Å². The quantitative estimate of drug-likeness (QED) is 0.918. The molecule has 1 aromatic carbocycles. The van der Waals surface area contributed by atoms with Gasteiger partial charge in [-0.1, -0.05) is 18.2 Å². The highest BCUT2D eigenvalue weighted by Gasteiger charge is 2.25. The van der Waals surface area contributed by atoms with E-state index in [-0.39, 0.29) is 11.9 Å². The third kappa shape index (κ3) is 3.11. The van der Waals surface area contributed by atoms with Crippen molar-refractivity contribution in [3.05, 3.63) is 42.1 Å². The number of rotatable bonds is 2. The summed E-state index contributed by atoms with van der Waals surface area (Å²) in [4.78, 5) is 32.5. The van der Waals surface area contributed by atoms with Gasteiger partial charge in [0.1, 0.15) is 0 Å². The van der Waals surface area contributed by atoms with Crippen LogP contribution in [0.15, 0.2) is 36.5 Å². The summed E-state index contributed by atoms with van der Waals surface area (Å²) in [5.74, 6) is -0.0233. The maximum absolute atomic E-state index is 12.8. The molecule has 0 unspecified atom stereocenters. The number of nitrogens with one attached hydrogen (secondary N) is 1. The number of piperazine rings is 1. The van der Waals surface area contributed by atoms with Crippen LogP contribution in [0.2, 0.25) is 0 Å². The topological polar surface area (TPSA) is 65.5 Å². The number of amides is 3. The summed E-state index contributed by atoms with van der Waals surface area (Å²) in [6.45, 7) is 4.69. The highest BCUT2D eigenvalue weighted by molar-refractivity contribution is 6.05. The first kappa shape index (κ1) is 15.3. The Kier molecular flexibility index (Phi) is 4.41. The van der Waals surface area contributed by atoms with Crippen LogP contribution in [0.1, 0.15) is 17.3 Å². The molecular formula is C17H20N4O2. The number of hydrogen-bond donors (Lipinski definition) is 1. The number of carbonyl (C=O) groups excluding carboxylic acids is 2. The normalized spacial score (nSPS) is 14.8. The van der Waals surface area contributed by atoms with Crippen molar-refractivity contribution in [3.63, 3.8) is 0 Å². The van der Waals surface area contributed by atoms with E-state index in [2.05, 4.69) is 10.3 Å². The lowest BCUT2D eigenvalue weighted by atomic mass is 10.1. The Morgan fingerprint density at radius 1 is 1.09 bits per heavy atom. The van der Waals surface area contributed by atoms with Crippen LogP contribution in [0.4, 0.5) is 4.79 Å². The molecule has 0 spiro atoms. The third-order valence-corrected chi connectivity index (χ3v) is 4.05. The number of aromatic nitrogens is 1. The second-order valence-corrected chi connectivity index (χ2v) is 5.50. The van der Waals surface area contributed by atoms with E-state index in [1.165, 1.54) is 0 Å². The Morgan fingerprint density at radius 3 is 2.52 bits per heavy atom. The van der Waals surface area contributed by atoms with E-state index in [1.54, 1.807) is 16.0 Å². The minimum atomic E-state index is -0.0635. The van der Waals surface area contributed by atoms with Gasteiger partial charge in [-0.25, -0.2) is 4.79 Å². The molecule has 1 fully saturated rings. The van der Waals surface area contributed by atoms with Gasteiger partial charge in [0.05, 0.1) is 11.1 Å². The highest BCUT2D eigenvalue weighted by atomic mass is 16.2. The minimum Gasteiger partial charge on any atom is -0.338 e. The molecule has 1 saturated heterocycles. The van der Waals surface area contributed by atoms with E-state index in [1.807, 2.05) is 37.3 Å². The lowest BCUT2D eigenvalue weighted by Gasteiger charge is -2.34. The van der Waals surface area contributed by atoms with Gasteiger partial charge in [0.2, 0.25) is 0 Å². The van der Waals surface area contributed by atoms with Crippen molar-refractivity contribution < 1.29 is 9.59 Å². The van der Waals surface area contributed by atoms with Crippen LogP contribution < -0.4 is 5.32 Å². The van der Waals surface area contributed by atoms with E-state index in [0.29, 0.717) is 38.3 Å². The molecular weight excluding hydrogens is 292 g/mol. The molecule has 3 amide bonds. The zero-order valence-corrected chi connectivity index (χ0v) is 13.2. The zero-order valence-electron chi connectivity index (χ0n) is 13.2. The van der Waals surface area contributed by atoms with Crippen LogP contribution in [-0.4, -0.2) is 59.4 Å². The van der Waals surface area contributed by atoms with Crippen LogP contribution in [0.3, 0.4) is 0 Å². The van der Waals surface area contributed by atoms with Crippen LogP contribution in [-0.2, 0) is 0 Å². The van der Waals surface area contributed by atoms with E-state index >= 15 is 0 Å². The Hall–Kier alpha value is -2.63. The number of fused-ring (bicyclic) bond motifs is 1. The van der Waals surface area contributed by atoms with Gasteiger partial charge in [0.15, 0.2) is 0 Å². The van der Waals surface area contributed by atoms with Gasteiger partial charge in [0.25, 0.3) is 5.91 Å². The van der Waals surface area contributed by atoms with E-state index in [9.17, 15) is 9.59 Å². The van der Waals surface area contributed by atoms with E-state index in [4.69, 9.17) is 0 Å². The molecule has 120 valence electrons. The molecule has 2 heterocycles. The van der Waals surface area contributed by atoms with Gasteiger partial charge in [-0.05, 0) is 19.1 Å². The van der Waals surface area contributed by atoms with Crippen LogP contribution >= 0.6 is 0 Å². The third-order valence-electron chi connectivity index (χ3n) is 4.05. The predicted octanol–water partition coefficient (Wildman–Crippen LogP) is 1.72. The molecule has 0 aliphatic carbocycles. The van der Waals surface area contributed by atoms with Crippen molar-refractivity contribution in [2.24, 2.45) is 0 Å². The monoisotopic (exact) mass is 312 g/mol. The number of benzene rings is 1. The molecule has 0 bridgehead atoms. The maximum Gasteiger partial charge on any atom is 0.317 e. The maximum atomic E-state index is 12.8. The Balaban J connectivity index is 1.73. The molecule has 3 rings (SSSR count). The van der Waals surface area contributed by atoms with Gasteiger partial charge in [-0.3, -0.25) is 9.78 Å². The van der Waals surface area contributed by atoms with Crippen molar-refractivity contribution in [1.82, 2.24) is 20.1 Å². The molecule has 0 atom stereocenters. The van der Waals surface area contributed by atoms with Gasteiger partial charge < -0.3 is 15.1 Å². The summed E-state index contributed by atoms with van der Waals surface area (Å²) >= 11 is 0. The summed E-state index contributed by atoms with van der Waals surface area (Å²) in [5, 5.41) is 3.75. The highest BCUT2D eigenvalue weighted by Crippen LogP contribution is 2.18. The fraction of sp³-hybridized carbons (Fsp3) is 0.353. The second kappa shape index (κ2) is 6.64. The van der Waals surface area contributed by atoms with Crippen molar-refractivity contribution in [3.8, 4) is 0 Å². The van der Waals surface area contributed by atoms with Gasteiger partial charge in [-0.2, -0.15) is 0 Å². The lowest BCUT2D eigenvalue weighted by molar-refractivity contribution is 0.0667. The van der Waals surface area contributed by atoms with Gasteiger partial charge in [0, 0.05) is 44.3 Å². The number of nitrogens with zero attached hydrogens (tertiary/aromatic N) is 3. The molecule has 1 N–H and O–H groups in total. The largest absolute Gasteiger partial charge is 0.338 e. The van der Waals surface area contributed by atoms with Crippen molar-refractivity contribution in [2.45, 2.75) is 6.92 Å². The second-order valence-electron chi connectivity index (χ2n) is 5.50. The van der Waals surface area contributed by atoms with Crippen molar-refractivity contribution >= 4 is 22.8 Å². The SMILES string of the molecule is CCNC(=O)N1CCN(C(=O)c2cccc3cccnc23)CC1. The summed E-state index contributed by atoms with van der Waals surface area (Å²) in [7, 11) is 0. The molecule has 2 aromatic rings. The first-order valence-electron chi connectivity index (χ1n) is 7.86. The summed E-state index contributed by atoms with van der Waals surface area (Å²) in [6.07, 6.45) is 1.70. The molecule has 6 heteroatoms. The smallest absolute Gasteiger partial charge is 0.317 e. The fourth-order valence-corrected chi connectivity index (χ4v) is 2.82. The average Bonchev–Trinajstić information content (AvgIpc) is 2.61. The average molecular weight is 312 g/mol. The summed E-state index contributed by atoms with van der Waals surface area (Å²) in [5.41, 5.74) is 1.35. The Labute approximate surface area is 135 Å². The number of urea groups is 1. The Morgan fingerprint density at radius 2 is 1.78 bits per heavy atom. The van der Waals surface area contributed by atoms with E-state index in [0.717, 1.165) is 10.9 Å². The van der Waals surface area contributed by atoms with Crippen LogP contribution in [0.25, 0.3) is 10.9 Å². The fourth-order valence-electron chi connectivity index (χ4n) is 2.82. The van der Waals surface area contributed by atoms with Crippen molar-refractivity contribution in [1.29, 1.82) is 0 Å². The number of pyridine rings is 1. The van der Waals surface area contributed by atoms with Gasteiger partial charge in [-0.15, -0.1) is 0 Å². The molecule has 1 aromatic heterocycles. The zero-order chi connectivity index (χ0) is 16.2. The summed E-state index contributed by atoms with van der Waals surface area (Å²) < 4.78 is 0. The van der Waals surface area contributed by atoms with E-state index < -0.39 is 0 Å². The number of carbonyl (C=O) groups is 2. The Bertz CT molecular complexity index is 718. The first-order valence-corrected chi connectivity index (χ1v) is 7.86. The minimum absolute atomic E-state index is 0.0233. The molecule has 23 heavy (non-hydrogen) atoms. The number of hydrogen-bond acceptors (Lipinski definition) is 3. The molecule has 1 aliphatic rings. The lowest BCUT2D eigenvalue weighted by Crippen LogP contribution is -2.53. The summed E-state index contributed by atoms with van der Waals surface area (Å²) in [6, 6.07) is 9.39. The first-order chi connectivity index (χ1) is 11.2. The van der Waals surface area contributed by atoms with Crippen LogP contribution in [0.5, 0.6) is 0 Å². The number of para-hydroxylation sites is 1. The van der Waals surface area contributed by atoms with Crippen molar-refractivity contribution in [2.75, 3.05) is 32.7 Å². The van der Waals surface area contributed by atoms with Crippen LogP contribution in [0, 0.1) is 0 Å². The molecule has 1 aliphatic heterocycles. The molecule has 0 radical (unpaired) electrons.